The lowest BCUT2D eigenvalue weighted by Gasteiger charge is -2.12. The van der Waals surface area contributed by atoms with Gasteiger partial charge in [-0.15, -0.1) is 0 Å². The van der Waals surface area contributed by atoms with E-state index < -0.39 is 0 Å². The molecule has 0 amide bonds. The number of hydrogen-bond acceptors (Lipinski definition) is 4. The number of cyclic esters (lactones) is 1. The Kier molecular flexibility index (Phi) is 2.78. The Morgan fingerprint density at radius 1 is 1.00 bits per heavy atom. The van der Waals surface area contributed by atoms with Crippen molar-refractivity contribution in [3.8, 4) is 0 Å². The van der Waals surface area contributed by atoms with Gasteiger partial charge in [0, 0.05) is 11.8 Å². The van der Waals surface area contributed by atoms with E-state index in [0.29, 0.717) is 13.0 Å². The third-order valence-electron chi connectivity index (χ3n) is 3.58. The molecule has 0 radical (unpaired) electrons. The maximum atomic E-state index is 11.5. The number of allylic oxidation sites excluding steroid dienone is 2. The van der Waals surface area contributed by atoms with Crippen LogP contribution in [0.2, 0.25) is 0 Å². The zero-order valence-electron chi connectivity index (χ0n) is 9.82. The fourth-order valence-corrected chi connectivity index (χ4v) is 2.55. The first-order chi connectivity index (χ1) is 8.74. The molecule has 4 atom stereocenters. The molecule has 0 aromatic carbocycles. The maximum absolute atomic E-state index is 11.5. The van der Waals surface area contributed by atoms with Gasteiger partial charge in [-0.1, -0.05) is 30.4 Å². The first kappa shape index (κ1) is 11.3. The number of rotatable bonds is 0. The minimum absolute atomic E-state index is 0.0419. The Morgan fingerprint density at radius 2 is 1.83 bits per heavy atom. The predicted molar refractivity (Wildman–Crippen MR) is 63.3 cm³/mol. The maximum Gasteiger partial charge on any atom is 0.313 e. The smallest absolute Gasteiger partial charge is 0.313 e. The van der Waals surface area contributed by atoms with Gasteiger partial charge in [0.05, 0.1) is 18.9 Å². The highest BCUT2D eigenvalue weighted by Crippen LogP contribution is 2.29. The molecule has 4 heteroatoms. The summed E-state index contributed by atoms with van der Waals surface area (Å²) in [5.74, 6) is -0.444. The van der Waals surface area contributed by atoms with Crippen LogP contribution in [0.1, 0.15) is 6.42 Å². The molecule has 4 nitrogen and oxygen atoms in total. The van der Waals surface area contributed by atoms with Crippen LogP contribution in [-0.2, 0) is 19.1 Å². The lowest BCUT2D eigenvalue weighted by Crippen LogP contribution is -2.15. The van der Waals surface area contributed by atoms with Gasteiger partial charge >= 0.3 is 11.9 Å². The van der Waals surface area contributed by atoms with Gasteiger partial charge in [-0.2, -0.15) is 0 Å². The summed E-state index contributed by atoms with van der Waals surface area (Å²) in [6.45, 7) is 0.402. The molecule has 2 aliphatic heterocycles. The zero-order valence-corrected chi connectivity index (χ0v) is 9.82. The van der Waals surface area contributed by atoms with Gasteiger partial charge in [-0.3, -0.25) is 9.59 Å². The molecular formula is C14H14O4. The Bertz CT molecular complexity index is 456. The van der Waals surface area contributed by atoms with Crippen molar-refractivity contribution >= 4 is 11.9 Å². The van der Waals surface area contributed by atoms with E-state index >= 15 is 0 Å². The summed E-state index contributed by atoms with van der Waals surface area (Å²) in [6.07, 6.45) is 11.6. The summed E-state index contributed by atoms with van der Waals surface area (Å²) in [5.41, 5.74) is 0. The Balaban J connectivity index is 1.88. The average molecular weight is 246 g/mol. The minimum atomic E-state index is -0.223. The van der Waals surface area contributed by atoms with E-state index in [1.165, 1.54) is 0 Å². The van der Waals surface area contributed by atoms with E-state index in [4.69, 9.17) is 9.47 Å². The second-order valence-corrected chi connectivity index (χ2v) is 4.80. The van der Waals surface area contributed by atoms with Gasteiger partial charge in [0.25, 0.3) is 0 Å². The highest BCUT2D eigenvalue weighted by molar-refractivity contribution is 5.77. The van der Waals surface area contributed by atoms with Crippen LogP contribution in [0, 0.1) is 17.8 Å². The summed E-state index contributed by atoms with van der Waals surface area (Å²) in [7, 11) is 0. The van der Waals surface area contributed by atoms with Gasteiger partial charge in [-0.05, 0) is 6.08 Å². The molecular weight excluding hydrogens is 232 g/mol. The quantitative estimate of drug-likeness (QED) is 0.479. The number of ether oxygens (including phenoxy) is 2. The van der Waals surface area contributed by atoms with Crippen LogP contribution in [0.5, 0.6) is 0 Å². The van der Waals surface area contributed by atoms with Crippen molar-refractivity contribution in [2.45, 2.75) is 12.5 Å². The van der Waals surface area contributed by atoms with E-state index in [0.717, 1.165) is 0 Å². The molecule has 94 valence electrons. The van der Waals surface area contributed by atoms with Crippen LogP contribution >= 0.6 is 0 Å². The minimum Gasteiger partial charge on any atom is -0.465 e. The van der Waals surface area contributed by atoms with Crippen molar-refractivity contribution in [2.24, 2.45) is 17.8 Å². The van der Waals surface area contributed by atoms with Crippen molar-refractivity contribution in [1.29, 1.82) is 0 Å². The molecule has 2 heterocycles. The summed E-state index contributed by atoms with van der Waals surface area (Å²) in [4.78, 5) is 22.8. The number of esters is 2. The molecule has 1 aliphatic carbocycles. The zero-order chi connectivity index (χ0) is 12.5. The normalized spacial score (nSPS) is 43.3. The van der Waals surface area contributed by atoms with Gasteiger partial charge in [0.2, 0.25) is 0 Å². The van der Waals surface area contributed by atoms with E-state index in [9.17, 15) is 9.59 Å². The number of hydrogen-bond donors (Lipinski definition) is 0. The van der Waals surface area contributed by atoms with E-state index in [1.54, 1.807) is 0 Å². The fourth-order valence-electron chi connectivity index (χ4n) is 2.55. The van der Waals surface area contributed by atoms with Crippen LogP contribution in [0.4, 0.5) is 0 Å². The fraction of sp³-hybridized carbons (Fsp3) is 0.429. The largest absolute Gasteiger partial charge is 0.465 e. The molecule has 2 fully saturated rings. The first-order valence-electron chi connectivity index (χ1n) is 6.13. The van der Waals surface area contributed by atoms with Crippen LogP contribution < -0.4 is 0 Å². The first-order valence-corrected chi connectivity index (χ1v) is 6.13. The highest BCUT2D eigenvalue weighted by atomic mass is 16.6. The number of fused-ring (bicyclic) bond motifs is 2. The third kappa shape index (κ3) is 1.98. The third-order valence-corrected chi connectivity index (χ3v) is 3.58. The lowest BCUT2D eigenvalue weighted by molar-refractivity contribution is -0.141. The molecule has 2 saturated heterocycles. The Labute approximate surface area is 105 Å². The molecule has 0 aromatic rings. The molecule has 0 aromatic heterocycles. The topological polar surface area (TPSA) is 52.6 Å². The Morgan fingerprint density at radius 3 is 2.72 bits per heavy atom. The molecule has 0 N–H and O–H groups in total. The highest BCUT2D eigenvalue weighted by Gasteiger charge is 2.35. The van der Waals surface area contributed by atoms with Crippen LogP contribution in [0.15, 0.2) is 36.5 Å². The van der Waals surface area contributed by atoms with E-state index in [2.05, 4.69) is 0 Å². The van der Waals surface area contributed by atoms with Crippen LogP contribution in [0.3, 0.4) is 0 Å². The number of carbonyl (C=O) groups excluding carboxylic acids is 2. The van der Waals surface area contributed by atoms with Crippen LogP contribution in [-0.4, -0.2) is 24.6 Å². The van der Waals surface area contributed by atoms with E-state index in [1.807, 2.05) is 36.5 Å². The summed E-state index contributed by atoms with van der Waals surface area (Å²) >= 11 is 0. The molecule has 3 rings (SSSR count). The van der Waals surface area contributed by atoms with Gasteiger partial charge in [0.1, 0.15) is 6.10 Å². The second kappa shape index (κ2) is 4.44. The van der Waals surface area contributed by atoms with Gasteiger partial charge in [-0.25, -0.2) is 0 Å². The summed E-state index contributed by atoms with van der Waals surface area (Å²) in [5, 5.41) is 0. The number of carbonyl (C=O) groups is 2. The van der Waals surface area contributed by atoms with Crippen molar-refractivity contribution in [1.82, 2.24) is 0 Å². The standard InChI is InChI=1S/C14H14O4/c15-13-7-9-3-1-2-4-11-10(8-17-14(11)16)5-6-12(9)18-13/h1-6,9-12H,7-8H2/b3-1+,4-2-,6-5+. The van der Waals surface area contributed by atoms with Crippen molar-refractivity contribution < 1.29 is 19.1 Å². The van der Waals surface area contributed by atoms with Crippen molar-refractivity contribution in [3.05, 3.63) is 36.5 Å². The Hall–Kier alpha value is -1.84. The summed E-state index contributed by atoms with van der Waals surface area (Å²) < 4.78 is 10.3. The predicted octanol–water partition coefficient (Wildman–Crippen LogP) is 1.39. The summed E-state index contributed by atoms with van der Waals surface area (Å²) in [6, 6.07) is 0. The second-order valence-electron chi connectivity index (χ2n) is 4.80. The average Bonchev–Trinajstić information content (AvgIpc) is 2.87. The van der Waals surface area contributed by atoms with Crippen molar-refractivity contribution in [3.63, 3.8) is 0 Å². The molecule has 4 unspecified atom stereocenters. The van der Waals surface area contributed by atoms with Crippen molar-refractivity contribution in [2.75, 3.05) is 6.61 Å². The SMILES string of the molecule is O=C1CC2/C=C/C=C\C3C(=O)OCC3/C=C/C2O1. The molecule has 18 heavy (non-hydrogen) atoms. The monoisotopic (exact) mass is 246 g/mol. The van der Waals surface area contributed by atoms with Gasteiger partial charge in [0.15, 0.2) is 0 Å². The van der Waals surface area contributed by atoms with Crippen LogP contribution in [0.25, 0.3) is 0 Å². The molecule has 0 saturated carbocycles. The lowest BCUT2D eigenvalue weighted by atomic mass is 9.91. The molecule has 0 bridgehead atoms. The molecule has 0 spiro atoms. The van der Waals surface area contributed by atoms with Gasteiger partial charge < -0.3 is 9.47 Å². The molecule has 3 aliphatic rings. The van der Waals surface area contributed by atoms with E-state index in [-0.39, 0.29) is 35.8 Å².